The highest BCUT2D eigenvalue weighted by Crippen LogP contribution is 2.50. The minimum absolute atomic E-state index is 0.0225. The summed E-state index contributed by atoms with van der Waals surface area (Å²) in [5, 5.41) is 2.49. The molecule has 0 saturated carbocycles. The van der Waals surface area contributed by atoms with Gasteiger partial charge in [0.15, 0.2) is 0 Å². The van der Waals surface area contributed by atoms with Gasteiger partial charge in [0.2, 0.25) is 5.88 Å². The maximum Gasteiger partial charge on any atom is 0.257 e. The van der Waals surface area contributed by atoms with E-state index in [1.165, 1.54) is 115 Å². The van der Waals surface area contributed by atoms with Crippen LogP contribution in [0.1, 0.15) is 107 Å². The number of thiophene rings is 1. The van der Waals surface area contributed by atoms with E-state index in [1.807, 2.05) is 11.3 Å². The molecule has 0 amide bonds. The van der Waals surface area contributed by atoms with Gasteiger partial charge < -0.3 is 9.32 Å². The number of furan rings is 1. The average molecular weight is 831 g/mol. The second-order valence-corrected chi connectivity index (χ2v) is 22.5. The molecule has 3 nitrogen and oxygen atoms in total. The normalized spacial score (nSPS) is 13.9. The van der Waals surface area contributed by atoms with Crippen LogP contribution in [0, 0.1) is 34.6 Å². The molecule has 0 bridgehead atoms. The third kappa shape index (κ3) is 6.28. The number of anilines is 6. The summed E-state index contributed by atoms with van der Waals surface area (Å²) < 4.78 is 8.60. The Kier molecular flexibility index (Phi) is 8.99. The van der Waals surface area contributed by atoms with Crippen molar-refractivity contribution in [2.75, 3.05) is 9.80 Å². The molecule has 4 heterocycles. The van der Waals surface area contributed by atoms with Crippen LogP contribution in [-0.2, 0) is 16.2 Å². The predicted molar refractivity (Wildman–Crippen MR) is 271 cm³/mol. The van der Waals surface area contributed by atoms with Crippen molar-refractivity contribution in [1.29, 1.82) is 0 Å². The fourth-order valence-corrected chi connectivity index (χ4v) is 11.4. The van der Waals surface area contributed by atoms with Gasteiger partial charge >= 0.3 is 0 Å². The molecule has 2 aliphatic heterocycles. The first-order valence-corrected chi connectivity index (χ1v) is 23.2. The van der Waals surface area contributed by atoms with Crippen LogP contribution in [-0.4, -0.2) is 6.71 Å². The number of benzene rings is 6. The lowest BCUT2D eigenvalue weighted by Crippen LogP contribution is -2.61. The Morgan fingerprint density at radius 3 is 1.71 bits per heavy atom. The Morgan fingerprint density at radius 1 is 0.516 bits per heavy atom. The standard InChI is InChI=1S/C57H59BN2OS/c1-32-23-45-51-46(24-32)60(53-35(4)27-41(28-36(53)5)57(12,13)14)54-50(42-30-39(55(6,7)8)20-22-47(42)61-54)58(51)43-31-40(56(9,10)11)19-21-44(43)59(45)52-33(2)25-38(26-34(52)3)49-29-37-17-15-16-18-48(37)62-49/h15-31H,1-14H3. The van der Waals surface area contributed by atoms with Gasteiger partial charge in [-0.15, -0.1) is 11.3 Å². The lowest BCUT2D eigenvalue weighted by molar-refractivity contribution is 0.588. The van der Waals surface area contributed by atoms with Gasteiger partial charge in [-0.2, -0.15) is 0 Å². The van der Waals surface area contributed by atoms with Gasteiger partial charge in [0, 0.05) is 37.5 Å². The molecular formula is C57H59BN2OS. The number of rotatable bonds is 3. The van der Waals surface area contributed by atoms with E-state index in [-0.39, 0.29) is 23.0 Å². The van der Waals surface area contributed by atoms with E-state index in [9.17, 15) is 0 Å². The van der Waals surface area contributed by atoms with Crippen LogP contribution in [0.3, 0.4) is 0 Å². The van der Waals surface area contributed by atoms with Crippen molar-refractivity contribution >= 4 is 89.8 Å². The summed E-state index contributed by atoms with van der Waals surface area (Å²) in [6.07, 6.45) is 0. The molecule has 2 aliphatic rings. The van der Waals surface area contributed by atoms with Crippen molar-refractivity contribution < 1.29 is 4.42 Å². The van der Waals surface area contributed by atoms with E-state index >= 15 is 0 Å². The van der Waals surface area contributed by atoms with Gasteiger partial charge in [-0.05, 0) is 172 Å². The minimum atomic E-state index is -0.0511. The Balaban J connectivity index is 1.30. The number of aryl methyl sites for hydroxylation is 5. The van der Waals surface area contributed by atoms with Crippen molar-refractivity contribution in [2.45, 2.75) is 113 Å². The van der Waals surface area contributed by atoms with Crippen LogP contribution in [0.2, 0.25) is 0 Å². The zero-order valence-corrected chi connectivity index (χ0v) is 39.9. The second-order valence-electron chi connectivity index (χ2n) is 21.4. The Hall–Kier alpha value is -5.52. The third-order valence-corrected chi connectivity index (χ3v) is 14.7. The summed E-state index contributed by atoms with van der Waals surface area (Å²) in [6, 6.07) is 39.8. The summed E-state index contributed by atoms with van der Waals surface area (Å²) in [5.74, 6) is 0.926. The zero-order chi connectivity index (χ0) is 43.9. The summed E-state index contributed by atoms with van der Waals surface area (Å²) in [6.45, 7) is 32.3. The molecule has 0 saturated heterocycles. The van der Waals surface area contributed by atoms with Gasteiger partial charge in [0.05, 0.1) is 11.4 Å². The molecule has 0 N–H and O–H groups in total. The molecule has 10 rings (SSSR count). The summed E-state index contributed by atoms with van der Waals surface area (Å²) in [5.41, 5.74) is 22.4. The van der Waals surface area contributed by atoms with Crippen LogP contribution in [0.4, 0.5) is 34.3 Å². The summed E-state index contributed by atoms with van der Waals surface area (Å²) in [4.78, 5) is 6.41. The van der Waals surface area contributed by atoms with E-state index < -0.39 is 0 Å². The Morgan fingerprint density at radius 2 is 1.08 bits per heavy atom. The molecule has 62 heavy (non-hydrogen) atoms. The Bertz CT molecular complexity index is 3080. The lowest BCUT2D eigenvalue weighted by Gasteiger charge is -2.44. The van der Waals surface area contributed by atoms with Gasteiger partial charge in [0.1, 0.15) is 5.58 Å². The van der Waals surface area contributed by atoms with Crippen LogP contribution in [0.25, 0.3) is 31.5 Å². The van der Waals surface area contributed by atoms with Crippen molar-refractivity contribution in [3.05, 3.63) is 148 Å². The van der Waals surface area contributed by atoms with Crippen LogP contribution in [0.15, 0.2) is 108 Å². The number of nitrogens with zero attached hydrogens (tertiary/aromatic N) is 2. The summed E-state index contributed by atoms with van der Waals surface area (Å²) in [7, 11) is 0. The zero-order valence-electron chi connectivity index (χ0n) is 39.1. The lowest BCUT2D eigenvalue weighted by atomic mass is 9.33. The van der Waals surface area contributed by atoms with Crippen LogP contribution < -0.4 is 26.2 Å². The molecular weight excluding hydrogens is 772 g/mol. The minimum Gasteiger partial charge on any atom is -0.440 e. The van der Waals surface area contributed by atoms with Gasteiger partial charge in [-0.25, -0.2) is 0 Å². The van der Waals surface area contributed by atoms with Crippen molar-refractivity contribution in [3.63, 3.8) is 0 Å². The highest BCUT2D eigenvalue weighted by molar-refractivity contribution is 7.22. The monoisotopic (exact) mass is 830 g/mol. The maximum absolute atomic E-state index is 7.28. The molecule has 6 aromatic carbocycles. The average Bonchev–Trinajstić information content (AvgIpc) is 3.79. The van der Waals surface area contributed by atoms with Crippen molar-refractivity contribution in [1.82, 2.24) is 0 Å². The van der Waals surface area contributed by atoms with Gasteiger partial charge in [-0.1, -0.05) is 111 Å². The van der Waals surface area contributed by atoms with Gasteiger partial charge in [-0.3, -0.25) is 4.90 Å². The second kappa shape index (κ2) is 13.7. The van der Waals surface area contributed by atoms with E-state index in [2.05, 4.69) is 210 Å². The first kappa shape index (κ1) is 40.6. The van der Waals surface area contributed by atoms with Crippen LogP contribution in [0.5, 0.6) is 0 Å². The number of fused-ring (bicyclic) bond motifs is 7. The van der Waals surface area contributed by atoms with Crippen LogP contribution >= 0.6 is 11.3 Å². The molecule has 2 aromatic heterocycles. The topological polar surface area (TPSA) is 19.6 Å². The van der Waals surface area contributed by atoms with Gasteiger partial charge in [0.25, 0.3) is 6.71 Å². The van der Waals surface area contributed by atoms with E-state index in [0.29, 0.717) is 0 Å². The number of hydrogen-bond donors (Lipinski definition) is 0. The largest absolute Gasteiger partial charge is 0.440 e. The first-order valence-electron chi connectivity index (χ1n) is 22.4. The quantitative estimate of drug-likeness (QED) is 0.165. The Labute approximate surface area is 373 Å². The predicted octanol–water partition coefficient (Wildman–Crippen LogP) is 14.8. The molecule has 5 heteroatoms. The summed E-state index contributed by atoms with van der Waals surface area (Å²) >= 11 is 1.88. The van der Waals surface area contributed by atoms with E-state index in [0.717, 1.165) is 11.5 Å². The molecule has 0 aliphatic carbocycles. The molecule has 0 radical (unpaired) electrons. The molecule has 0 atom stereocenters. The molecule has 0 spiro atoms. The van der Waals surface area contributed by atoms with E-state index in [4.69, 9.17) is 4.42 Å². The third-order valence-electron chi connectivity index (χ3n) is 13.6. The SMILES string of the molecule is Cc1cc2c3c(c1)N(c1c(C)cc(C(C)(C)C)cc1C)c1oc4ccc(C(C)(C)C)cc4c1B3c1cc(C(C)(C)C)ccc1N2c1c(C)cc(-c2cc3ccccc3s2)cc1C. The molecule has 0 unspecified atom stereocenters. The first-order chi connectivity index (χ1) is 29.2. The maximum atomic E-state index is 7.28. The fraction of sp³-hybridized carbons (Fsp3) is 0.298. The van der Waals surface area contributed by atoms with Crippen molar-refractivity contribution in [3.8, 4) is 10.4 Å². The smallest absolute Gasteiger partial charge is 0.257 e. The molecule has 312 valence electrons. The highest BCUT2D eigenvalue weighted by atomic mass is 32.1. The molecule has 0 fully saturated rings. The fourth-order valence-electron chi connectivity index (χ4n) is 10.4. The highest BCUT2D eigenvalue weighted by Gasteiger charge is 2.47. The molecule has 8 aromatic rings. The van der Waals surface area contributed by atoms with E-state index in [1.54, 1.807) is 0 Å². The number of hydrogen-bond acceptors (Lipinski definition) is 4. The van der Waals surface area contributed by atoms with Crippen molar-refractivity contribution in [2.24, 2.45) is 0 Å².